The van der Waals surface area contributed by atoms with Crippen LogP contribution in [0.1, 0.15) is 28.0 Å². The van der Waals surface area contributed by atoms with Crippen LogP contribution in [0.15, 0.2) is 6.20 Å². The maximum Gasteiger partial charge on any atom is 0.374 e. The van der Waals surface area contributed by atoms with Crippen molar-refractivity contribution >= 4 is 11.9 Å². The van der Waals surface area contributed by atoms with E-state index in [4.69, 9.17) is 4.74 Å². The quantitative estimate of drug-likeness (QED) is 0.709. The average molecular weight is 198 g/mol. The first-order chi connectivity index (χ1) is 6.69. The maximum absolute atomic E-state index is 11.1. The van der Waals surface area contributed by atoms with E-state index in [2.05, 4.69) is 14.7 Å². The molecule has 0 saturated heterocycles. The molecule has 0 aliphatic carbocycles. The maximum atomic E-state index is 11.1. The van der Waals surface area contributed by atoms with Crippen LogP contribution in [0, 0.1) is 0 Å². The number of carbonyl (C=O) groups excluding carboxylic acids is 2. The van der Waals surface area contributed by atoms with E-state index >= 15 is 0 Å². The number of imidazole rings is 1. The van der Waals surface area contributed by atoms with Gasteiger partial charge in [-0.3, -0.25) is 0 Å². The molecule has 76 valence electrons. The topological polar surface area (TPSA) is 81.3 Å². The molecule has 14 heavy (non-hydrogen) atoms. The van der Waals surface area contributed by atoms with E-state index in [-0.39, 0.29) is 18.1 Å². The highest BCUT2D eigenvalue weighted by Gasteiger charge is 2.14. The molecule has 1 aromatic rings. The first-order valence-electron chi connectivity index (χ1n) is 3.99. The minimum Gasteiger partial charge on any atom is -0.463 e. The molecule has 0 saturated carbocycles. The number of rotatable bonds is 3. The van der Waals surface area contributed by atoms with Gasteiger partial charge in [-0.2, -0.15) is 0 Å². The molecule has 0 radical (unpaired) electrons. The fraction of sp³-hybridized carbons (Fsp3) is 0.375. The lowest BCUT2D eigenvalue weighted by Gasteiger charge is -1.96. The molecular formula is C8H10N2O4. The summed E-state index contributed by atoms with van der Waals surface area (Å²) in [6, 6.07) is 0. The van der Waals surface area contributed by atoms with Gasteiger partial charge in [-0.25, -0.2) is 14.6 Å². The second kappa shape index (κ2) is 4.40. The normalized spacial score (nSPS) is 9.57. The summed E-state index contributed by atoms with van der Waals surface area (Å²) in [4.78, 5) is 28.2. The summed E-state index contributed by atoms with van der Waals surface area (Å²) in [5.74, 6) is -1.19. The summed E-state index contributed by atoms with van der Waals surface area (Å²) in [7, 11) is 1.23. The number of nitrogens with zero attached hydrogens (tertiary/aromatic N) is 1. The fourth-order valence-electron chi connectivity index (χ4n) is 0.834. The second-order valence-electron chi connectivity index (χ2n) is 2.36. The van der Waals surface area contributed by atoms with Crippen molar-refractivity contribution < 1.29 is 19.1 Å². The van der Waals surface area contributed by atoms with E-state index in [1.54, 1.807) is 6.92 Å². The molecule has 0 amide bonds. The van der Waals surface area contributed by atoms with Crippen LogP contribution in [0.25, 0.3) is 0 Å². The summed E-state index contributed by atoms with van der Waals surface area (Å²) in [6.07, 6.45) is 1.23. The lowest BCUT2D eigenvalue weighted by atomic mass is 10.5. The van der Waals surface area contributed by atoms with Gasteiger partial charge in [-0.05, 0) is 6.92 Å². The van der Waals surface area contributed by atoms with Crippen LogP contribution in [0.4, 0.5) is 0 Å². The van der Waals surface area contributed by atoms with Crippen LogP contribution in [0.2, 0.25) is 0 Å². The molecule has 0 fully saturated rings. The largest absolute Gasteiger partial charge is 0.463 e. The predicted molar refractivity (Wildman–Crippen MR) is 45.9 cm³/mol. The third-order valence-corrected chi connectivity index (χ3v) is 1.45. The van der Waals surface area contributed by atoms with Crippen LogP contribution >= 0.6 is 0 Å². The number of esters is 2. The van der Waals surface area contributed by atoms with Crippen LogP contribution in [-0.2, 0) is 9.47 Å². The van der Waals surface area contributed by atoms with E-state index in [1.807, 2.05) is 0 Å². The van der Waals surface area contributed by atoms with Crippen LogP contribution in [0.3, 0.4) is 0 Å². The lowest BCUT2D eigenvalue weighted by molar-refractivity contribution is 0.0520. The highest BCUT2D eigenvalue weighted by atomic mass is 16.5. The standard InChI is InChI=1S/C8H10N2O4/c1-3-14-7(11)5-4-9-6(10-5)8(12)13-2/h4H,3H2,1-2H3,(H,9,10). The lowest BCUT2D eigenvalue weighted by Crippen LogP contribution is -2.07. The number of methoxy groups -OCH3 is 1. The van der Waals surface area contributed by atoms with Crippen molar-refractivity contribution in [1.82, 2.24) is 9.97 Å². The number of nitrogens with one attached hydrogen (secondary N) is 1. The van der Waals surface area contributed by atoms with E-state index < -0.39 is 11.9 Å². The number of aromatic nitrogens is 2. The summed E-state index contributed by atoms with van der Waals surface area (Å²) in [6.45, 7) is 1.96. The monoisotopic (exact) mass is 198 g/mol. The Bertz CT molecular complexity index is 345. The van der Waals surface area contributed by atoms with Crippen molar-refractivity contribution in [3.05, 3.63) is 17.7 Å². The highest BCUT2D eigenvalue weighted by Crippen LogP contribution is 2.00. The zero-order valence-electron chi connectivity index (χ0n) is 7.86. The number of H-pyrrole nitrogens is 1. The Kier molecular flexibility index (Phi) is 3.22. The summed E-state index contributed by atoms with van der Waals surface area (Å²) in [5.41, 5.74) is 0.132. The average Bonchev–Trinajstić information content (AvgIpc) is 2.66. The van der Waals surface area contributed by atoms with Crippen molar-refractivity contribution in [1.29, 1.82) is 0 Å². The molecule has 1 aromatic heterocycles. The third kappa shape index (κ3) is 2.09. The minimum atomic E-state index is -0.624. The minimum absolute atomic E-state index is 0.0180. The Hall–Kier alpha value is -1.85. The van der Waals surface area contributed by atoms with Gasteiger partial charge in [-0.1, -0.05) is 0 Å². The molecule has 1 N–H and O–H groups in total. The fourth-order valence-corrected chi connectivity index (χ4v) is 0.834. The van der Waals surface area contributed by atoms with Gasteiger partial charge in [0.05, 0.1) is 19.9 Å². The molecular weight excluding hydrogens is 188 g/mol. The van der Waals surface area contributed by atoms with Crippen molar-refractivity contribution in [2.45, 2.75) is 6.92 Å². The first-order valence-corrected chi connectivity index (χ1v) is 3.99. The zero-order chi connectivity index (χ0) is 10.6. The predicted octanol–water partition coefficient (Wildman–Crippen LogP) is 0.373. The molecule has 1 heterocycles. The van der Waals surface area contributed by atoms with Gasteiger partial charge in [0.25, 0.3) is 0 Å². The van der Waals surface area contributed by atoms with Gasteiger partial charge >= 0.3 is 11.9 Å². The molecule has 0 unspecified atom stereocenters. The molecule has 0 atom stereocenters. The molecule has 0 aliphatic heterocycles. The number of carbonyl (C=O) groups is 2. The molecule has 0 spiro atoms. The number of hydrogen-bond donors (Lipinski definition) is 1. The van der Waals surface area contributed by atoms with E-state index in [0.717, 1.165) is 0 Å². The van der Waals surface area contributed by atoms with Gasteiger partial charge in [0.2, 0.25) is 5.82 Å². The SMILES string of the molecule is CCOC(=O)c1cnc(C(=O)OC)[nH]1. The Morgan fingerprint density at radius 2 is 2.21 bits per heavy atom. The van der Waals surface area contributed by atoms with Gasteiger partial charge in [-0.15, -0.1) is 0 Å². The second-order valence-corrected chi connectivity index (χ2v) is 2.36. The zero-order valence-corrected chi connectivity index (χ0v) is 7.86. The Morgan fingerprint density at radius 1 is 1.50 bits per heavy atom. The van der Waals surface area contributed by atoms with Crippen LogP contribution in [0.5, 0.6) is 0 Å². The van der Waals surface area contributed by atoms with Gasteiger partial charge in [0.1, 0.15) is 5.69 Å². The molecule has 0 aliphatic rings. The van der Waals surface area contributed by atoms with Crippen molar-refractivity contribution in [3.63, 3.8) is 0 Å². The number of hydrogen-bond acceptors (Lipinski definition) is 5. The van der Waals surface area contributed by atoms with Gasteiger partial charge in [0.15, 0.2) is 0 Å². The molecule has 0 aromatic carbocycles. The van der Waals surface area contributed by atoms with Crippen LogP contribution < -0.4 is 0 Å². The van der Waals surface area contributed by atoms with E-state index in [1.165, 1.54) is 13.3 Å². The summed E-state index contributed by atoms with van der Waals surface area (Å²) >= 11 is 0. The Morgan fingerprint density at radius 3 is 2.79 bits per heavy atom. The molecule has 6 nitrogen and oxygen atoms in total. The van der Waals surface area contributed by atoms with E-state index in [0.29, 0.717) is 0 Å². The van der Waals surface area contributed by atoms with Gasteiger partial charge in [0, 0.05) is 0 Å². The van der Waals surface area contributed by atoms with E-state index in [9.17, 15) is 9.59 Å². The number of aromatic amines is 1. The summed E-state index contributed by atoms with van der Waals surface area (Å²) in [5, 5.41) is 0. The van der Waals surface area contributed by atoms with Crippen molar-refractivity contribution in [3.8, 4) is 0 Å². The van der Waals surface area contributed by atoms with Gasteiger partial charge < -0.3 is 14.5 Å². The molecule has 1 rings (SSSR count). The van der Waals surface area contributed by atoms with Crippen molar-refractivity contribution in [2.24, 2.45) is 0 Å². The van der Waals surface area contributed by atoms with Crippen molar-refractivity contribution in [2.75, 3.05) is 13.7 Å². The smallest absolute Gasteiger partial charge is 0.374 e. The highest BCUT2D eigenvalue weighted by molar-refractivity contribution is 5.90. The third-order valence-electron chi connectivity index (χ3n) is 1.45. The first kappa shape index (κ1) is 10.2. The Labute approximate surface area is 80.2 Å². The Balaban J connectivity index is 2.77. The molecule has 0 bridgehead atoms. The number of ether oxygens (including phenoxy) is 2. The summed E-state index contributed by atoms with van der Waals surface area (Å²) < 4.78 is 9.10. The molecule has 6 heteroatoms. The van der Waals surface area contributed by atoms with Crippen LogP contribution in [-0.4, -0.2) is 35.6 Å².